The summed E-state index contributed by atoms with van der Waals surface area (Å²) >= 11 is 3.44. The van der Waals surface area contributed by atoms with E-state index in [2.05, 4.69) is 53.1 Å². The Hall–Kier alpha value is -0.570. The van der Waals surface area contributed by atoms with E-state index in [0.717, 1.165) is 10.3 Å². The molecule has 3 heteroatoms. The fourth-order valence-corrected chi connectivity index (χ4v) is 2.89. The normalized spacial score (nSPS) is 23.4. The summed E-state index contributed by atoms with van der Waals surface area (Å²) in [7, 11) is 0. The van der Waals surface area contributed by atoms with Crippen molar-refractivity contribution in [2.24, 2.45) is 5.41 Å². The smallest absolute Gasteiger partial charge is 0.129 e. The largest absolute Gasteiger partial charge is 0.367 e. The van der Waals surface area contributed by atoms with Gasteiger partial charge in [-0.25, -0.2) is 4.98 Å². The SMILES string of the molecule is Cc1cc(Br)cnc1NC1CCC(C)(C)C1. The summed E-state index contributed by atoms with van der Waals surface area (Å²) in [6, 6.07) is 2.69. The summed E-state index contributed by atoms with van der Waals surface area (Å²) in [5, 5.41) is 3.56. The number of rotatable bonds is 2. The van der Waals surface area contributed by atoms with Gasteiger partial charge in [-0.1, -0.05) is 13.8 Å². The van der Waals surface area contributed by atoms with E-state index < -0.39 is 0 Å². The first-order valence-electron chi connectivity index (χ1n) is 5.85. The van der Waals surface area contributed by atoms with Crippen molar-refractivity contribution in [2.45, 2.75) is 46.1 Å². The van der Waals surface area contributed by atoms with Crippen LogP contribution in [0.4, 0.5) is 5.82 Å². The van der Waals surface area contributed by atoms with Gasteiger partial charge in [-0.3, -0.25) is 0 Å². The van der Waals surface area contributed by atoms with Gasteiger partial charge in [0.2, 0.25) is 0 Å². The average molecular weight is 283 g/mol. The van der Waals surface area contributed by atoms with Gasteiger partial charge in [0, 0.05) is 16.7 Å². The number of anilines is 1. The van der Waals surface area contributed by atoms with Crippen molar-refractivity contribution in [3.63, 3.8) is 0 Å². The predicted molar refractivity (Wildman–Crippen MR) is 71.7 cm³/mol. The Labute approximate surface area is 106 Å². The number of aryl methyl sites for hydroxylation is 1. The first-order valence-corrected chi connectivity index (χ1v) is 6.64. The molecule has 0 spiro atoms. The molecule has 0 saturated heterocycles. The molecule has 2 nitrogen and oxygen atoms in total. The first-order chi connectivity index (χ1) is 7.46. The molecule has 1 atom stereocenters. The maximum absolute atomic E-state index is 4.43. The van der Waals surface area contributed by atoms with Crippen LogP contribution < -0.4 is 5.32 Å². The van der Waals surface area contributed by atoms with Crippen molar-refractivity contribution in [3.05, 3.63) is 22.3 Å². The molecule has 1 saturated carbocycles. The van der Waals surface area contributed by atoms with Gasteiger partial charge in [0.15, 0.2) is 0 Å². The van der Waals surface area contributed by atoms with Gasteiger partial charge in [-0.15, -0.1) is 0 Å². The summed E-state index contributed by atoms with van der Waals surface area (Å²) in [4.78, 5) is 4.43. The maximum Gasteiger partial charge on any atom is 0.129 e. The zero-order valence-electron chi connectivity index (χ0n) is 10.2. The van der Waals surface area contributed by atoms with Crippen LogP contribution in [0, 0.1) is 12.3 Å². The molecule has 0 radical (unpaired) electrons. The number of halogens is 1. The highest BCUT2D eigenvalue weighted by atomic mass is 79.9. The van der Waals surface area contributed by atoms with Crippen LogP contribution in [-0.2, 0) is 0 Å². The molecule has 16 heavy (non-hydrogen) atoms. The second-order valence-electron chi connectivity index (χ2n) is 5.57. The lowest BCUT2D eigenvalue weighted by Crippen LogP contribution is -2.18. The van der Waals surface area contributed by atoms with Crippen LogP contribution in [-0.4, -0.2) is 11.0 Å². The highest BCUT2D eigenvalue weighted by Crippen LogP contribution is 2.38. The van der Waals surface area contributed by atoms with E-state index in [1.165, 1.54) is 24.8 Å². The van der Waals surface area contributed by atoms with E-state index in [1.807, 2.05) is 6.20 Å². The Morgan fingerprint density at radius 1 is 1.50 bits per heavy atom. The van der Waals surface area contributed by atoms with Gasteiger partial charge in [-0.05, 0) is 59.2 Å². The molecule has 1 aliphatic carbocycles. The number of aromatic nitrogens is 1. The molecule has 1 N–H and O–H groups in total. The summed E-state index contributed by atoms with van der Waals surface area (Å²) in [6.07, 6.45) is 5.66. The van der Waals surface area contributed by atoms with E-state index >= 15 is 0 Å². The fourth-order valence-electron chi connectivity index (χ4n) is 2.44. The topological polar surface area (TPSA) is 24.9 Å². The van der Waals surface area contributed by atoms with Crippen LogP contribution >= 0.6 is 15.9 Å². The average Bonchev–Trinajstić information content (AvgIpc) is 2.51. The molecule has 1 heterocycles. The standard InChI is InChI=1S/C13H19BrN2/c1-9-6-10(14)8-15-12(9)16-11-4-5-13(2,3)7-11/h6,8,11H,4-5,7H2,1-3H3,(H,15,16). The van der Waals surface area contributed by atoms with Crippen LogP contribution in [0.5, 0.6) is 0 Å². The molecule has 1 aliphatic rings. The second kappa shape index (κ2) is 4.36. The van der Waals surface area contributed by atoms with E-state index in [4.69, 9.17) is 0 Å². The lowest BCUT2D eigenvalue weighted by Gasteiger charge is -2.19. The molecule has 0 aliphatic heterocycles. The Bertz CT molecular complexity index is 388. The lowest BCUT2D eigenvalue weighted by atomic mass is 9.92. The second-order valence-corrected chi connectivity index (χ2v) is 6.48. The lowest BCUT2D eigenvalue weighted by molar-refractivity contribution is 0.378. The van der Waals surface area contributed by atoms with E-state index in [0.29, 0.717) is 11.5 Å². The minimum atomic E-state index is 0.487. The minimum absolute atomic E-state index is 0.487. The van der Waals surface area contributed by atoms with Crippen LogP contribution in [0.2, 0.25) is 0 Å². The minimum Gasteiger partial charge on any atom is -0.367 e. The number of hydrogen-bond donors (Lipinski definition) is 1. The number of nitrogens with one attached hydrogen (secondary N) is 1. The molecular weight excluding hydrogens is 264 g/mol. The van der Waals surface area contributed by atoms with Gasteiger partial charge in [-0.2, -0.15) is 0 Å². The predicted octanol–water partition coefficient (Wildman–Crippen LogP) is 4.14. The maximum atomic E-state index is 4.43. The van der Waals surface area contributed by atoms with Crippen molar-refractivity contribution < 1.29 is 0 Å². The Kier molecular flexibility index (Phi) is 3.24. The van der Waals surface area contributed by atoms with E-state index in [1.54, 1.807) is 0 Å². The monoisotopic (exact) mass is 282 g/mol. The molecule has 0 bridgehead atoms. The van der Waals surface area contributed by atoms with Crippen LogP contribution in [0.25, 0.3) is 0 Å². The third-order valence-corrected chi connectivity index (χ3v) is 3.79. The Morgan fingerprint density at radius 2 is 2.25 bits per heavy atom. The van der Waals surface area contributed by atoms with Crippen molar-refractivity contribution in [1.82, 2.24) is 4.98 Å². The van der Waals surface area contributed by atoms with Crippen molar-refractivity contribution in [1.29, 1.82) is 0 Å². The zero-order valence-corrected chi connectivity index (χ0v) is 11.8. The third kappa shape index (κ3) is 2.76. The molecule has 0 aromatic carbocycles. The summed E-state index contributed by atoms with van der Waals surface area (Å²) < 4.78 is 1.04. The molecule has 2 rings (SSSR count). The van der Waals surface area contributed by atoms with E-state index in [-0.39, 0.29) is 0 Å². The van der Waals surface area contributed by atoms with Crippen molar-refractivity contribution in [2.75, 3.05) is 5.32 Å². The van der Waals surface area contributed by atoms with Crippen LogP contribution in [0.3, 0.4) is 0 Å². The highest BCUT2D eigenvalue weighted by molar-refractivity contribution is 9.10. The molecular formula is C13H19BrN2. The molecule has 1 unspecified atom stereocenters. The van der Waals surface area contributed by atoms with Gasteiger partial charge in [0.1, 0.15) is 5.82 Å². The zero-order chi connectivity index (χ0) is 11.8. The van der Waals surface area contributed by atoms with Crippen LogP contribution in [0.15, 0.2) is 16.7 Å². The fraction of sp³-hybridized carbons (Fsp3) is 0.615. The number of pyridine rings is 1. The Morgan fingerprint density at radius 3 is 2.81 bits per heavy atom. The van der Waals surface area contributed by atoms with Crippen molar-refractivity contribution >= 4 is 21.7 Å². The molecule has 1 aromatic rings. The first kappa shape index (κ1) is 11.9. The molecule has 88 valence electrons. The van der Waals surface area contributed by atoms with Gasteiger partial charge >= 0.3 is 0 Å². The van der Waals surface area contributed by atoms with Gasteiger partial charge in [0.25, 0.3) is 0 Å². The number of hydrogen-bond acceptors (Lipinski definition) is 2. The summed E-state index contributed by atoms with van der Waals surface area (Å²) in [6.45, 7) is 6.79. The van der Waals surface area contributed by atoms with Gasteiger partial charge < -0.3 is 5.32 Å². The Balaban J connectivity index is 2.05. The molecule has 1 aromatic heterocycles. The van der Waals surface area contributed by atoms with E-state index in [9.17, 15) is 0 Å². The van der Waals surface area contributed by atoms with Gasteiger partial charge in [0.05, 0.1) is 0 Å². The third-order valence-electron chi connectivity index (χ3n) is 3.35. The van der Waals surface area contributed by atoms with Crippen LogP contribution in [0.1, 0.15) is 38.7 Å². The highest BCUT2D eigenvalue weighted by Gasteiger charge is 2.31. The van der Waals surface area contributed by atoms with Crippen molar-refractivity contribution in [3.8, 4) is 0 Å². The summed E-state index contributed by atoms with van der Waals surface area (Å²) in [5.74, 6) is 1.03. The molecule has 0 amide bonds. The molecule has 1 fully saturated rings. The summed E-state index contributed by atoms with van der Waals surface area (Å²) in [5.41, 5.74) is 1.69. The number of nitrogens with zero attached hydrogens (tertiary/aromatic N) is 1. The quantitative estimate of drug-likeness (QED) is 0.882.